The van der Waals surface area contributed by atoms with E-state index in [-0.39, 0.29) is 16.2 Å². The standard InChI is InChI=1S/C21H22ClNO6S/c1-14(20(24)15-6-5-7-17(22)12-15)29-21(25)16-8-9-18(28-2)19(13-16)30(26,27)23-10-3-4-11-23/h5-9,12-14H,3-4,10-11H2,1-2H3/t14-/m1/s1. The van der Waals surface area contributed by atoms with Crippen LogP contribution in [0.4, 0.5) is 0 Å². The Balaban J connectivity index is 1.83. The smallest absolute Gasteiger partial charge is 0.338 e. The molecule has 0 unspecified atom stereocenters. The van der Waals surface area contributed by atoms with Gasteiger partial charge in [-0.15, -0.1) is 0 Å². The van der Waals surface area contributed by atoms with Crippen molar-refractivity contribution in [1.29, 1.82) is 0 Å². The Morgan fingerprint density at radius 2 is 1.77 bits per heavy atom. The quantitative estimate of drug-likeness (QED) is 0.472. The monoisotopic (exact) mass is 451 g/mol. The first-order valence-electron chi connectivity index (χ1n) is 9.43. The van der Waals surface area contributed by atoms with E-state index in [1.807, 2.05) is 0 Å². The Bertz CT molecular complexity index is 1060. The van der Waals surface area contributed by atoms with Crippen molar-refractivity contribution >= 4 is 33.4 Å². The maximum absolute atomic E-state index is 13.0. The molecule has 1 heterocycles. The second kappa shape index (κ2) is 9.16. The number of ketones is 1. The molecule has 1 aliphatic rings. The lowest BCUT2D eigenvalue weighted by Crippen LogP contribution is -2.28. The number of halogens is 1. The minimum atomic E-state index is -3.81. The van der Waals surface area contributed by atoms with Gasteiger partial charge in [0, 0.05) is 23.7 Å². The van der Waals surface area contributed by atoms with Crippen LogP contribution in [0.5, 0.6) is 5.75 Å². The molecule has 1 aliphatic heterocycles. The number of benzene rings is 2. The second-order valence-corrected chi connectivity index (χ2v) is 9.24. The molecule has 0 amide bonds. The topological polar surface area (TPSA) is 90.0 Å². The number of esters is 1. The van der Waals surface area contributed by atoms with Crippen LogP contribution in [-0.4, -0.2) is 50.8 Å². The van der Waals surface area contributed by atoms with E-state index in [0.717, 1.165) is 12.8 Å². The summed E-state index contributed by atoms with van der Waals surface area (Å²) in [7, 11) is -2.45. The van der Waals surface area contributed by atoms with Crippen LogP contribution in [0, 0.1) is 0 Å². The fourth-order valence-corrected chi connectivity index (χ4v) is 5.12. The van der Waals surface area contributed by atoms with Gasteiger partial charge in [-0.2, -0.15) is 4.31 Å². The Morgan fingerprint density at radius 1 is 1.07 bits per heavy atom. The van der Waals surface area contributed by atoms with E-state index in [4.69, 9.17) is 21.1 Å². The van der Waals surface area contributed by atoms with Gasteiger partial charge in [-0.3, -0.25) is 4.79 Å². The molecule has 1 fully saturated rings. The largest absolute Gasteiger partial charge is 0.495 e. The second-order valence-electron chi connectivity index (χ2n) is 6.90. The lowest BCUT2D eigenvalue weighted by molar-refractivity contribution is 0.0318. The summed E-state index contributed by atoms with van der Waals surface area (Å²) in [5.41, 5.74) is 0.328. The van der Waals surface area contributed by atoms with Gasteiger partial charge < -0.3 is 9.47 Å². The van der Waals surface area contributed by atoms with Gasteiger partial charge in [-0.1, -0.05) is 23.7 Å². The van der Waals surface area contributed by atoms with E-state index in [0.29, 0.717) is 23.7 Å². The summed E-state index contributed by atoms with van der Waals surface area (Å²) in [5, 5.41) is 0.395. The molecule has 0 aromatic heterocycles. The van der Waals surface area contributed by atoms with Gasteiger partial charge in [0.25, 0.3) is 0 Å². The lowest BCUT2D eigenvalue weighted by atomic mass is 10.1. The molecule has 0 aliphatic carbocycles. The molecule has 0 N–H and O–H groups in total. The van der Waals surface area contributed by atoms with E-state index in [2.05, 4.69) is 0 Å². The van der Waals surface area contributed by atoms with Crippen molar-refractivity contribution in [3.8, 4) is 5.75 Å². The number of ether oxygens (including phenoxy) is 2. The number of sulfonamides is 1. The maximum atomic E-state index is 13.0. The van der Waals surface area contributed by atoms with E-state index >= 15 is 0 Å². The summed E-state index contributed by atoms with van der Waals surface area (Å²) < 4.78 is 37.8. The minimum Gasteiger partial charge on any atom is -0.495 e. The van der Waals surface area contributed by atoms with Crippen molar-refractivity contribution in [3.05, 3.63) is 58.6 Å². The van der Waals surface area contributed by atoms with Crippen LogP contribution in [0.15, 0.2) is 47.4 Å². The number of carbonyl (C=O) groups is 2. The zero-order valence-electron chi connectivity index (χ0n) is 16.6. The highest BCUT2D eigenvalue weighted by molar-refractivity contribution is 7.89. The van der Waals surface area contributed by atoms with E-state index in [1.54, 1.807) is 18.2 Å². The average Bonchev–Trinajstić information content (AvgIpc) is 3.28. The molecular formula is C21H22ClNO6S. The molecule has 2 aromatic rings. The van der Waals surface area contributed by atoms with Crippen molar-refractivity contribution in [1.82, 2.24) is 4.31 Å². The number of hydrogen-bond acceptors (Lipinski definition) is 6. The van der Waals surface area contributed by atoms with Crippen LogP contribution < -0.4 is 4.74 Å². The highest BCUT2D eigenvalue weighted by atomic mass is 35.5. The predicted molar refractivity (Wildman–Crippen MR) is 112 cm³/mol. The fraction of sp³-hybridized carbons (Fsp3) is 0.333. The molecule has 0 bridgehead atoms. The van der Waals surface area contributed by atoms with Crippen LogP contribution in [0.2, 0.25) is 5.02 Å². The number of methoxy groups -OCH3 is 1. The first-order chi connectivity index (χ1) is 14.2. The lowest BCUT2D eigenvalue weighted by Gasteiger charge is -2.18. The third kappa shape index (κ3) is 4.66. The zero-order valence-corrected chi connectivity index (χ0v) is 18.2. The Kier molecular flexibility index (Phi) is 6.80. The van der Waals surface area contributed by atoms with Crippen LogP contribution in [0.1, 0.15) is 40.5 Å². The third-order valence-electron chi connectivity index (χ3n) is 4.84. The van der Waals surface area contributed by atoms with Gasteiger partial charge in [-0.25, -0.2) is 13.2 Å². The molecular weight excluding hydrogens is 430 g/mol. The summed E-state index contributed by atoms with van der Waals surface area (Å²) in [6.07, 6.45) is 0.496. The van der Waals surface area contributed by atoms with Crippen LogP contribution in [0.3, 0.4) is 0 Å². The van der Waals surface area contributed by atoms with E-state index in [1.165, 1.54) is 42.6 Å². The molecule has 2 aromatic carbocycles. The summed E-state index contributed by atoms with van der Waals surface area (Å²) in [5.74, 6) is -1.08. The van der Waals surface area contributed by atoms with Gasteiger partial charge in [0.2, 0.25) is 15.8 Å². The molecule has 1 atom stereocenters. The molecule has 0 spiro atoms. The summed E-state index contributed by atoms with van der Waals surface area (Å²) >= 11 is 5.91. The molecule has 30 heavy (non-hydrogen) atoms. The molecule has 9 heteroatoms. The SMILES string of the molecule is COc1ccc(C(=O)O[C@H](C)C(=O)c2cccc(Cl)c2)cc1S(=O)(=O)N1CCCC1. The highest BCUT2D eigenvalue weighted by Gasteiger charge is 2.31. The summed E-state index contributed by atoms with van der Waals surface area (Å²) in [4.78, 5) is 25.0. The van der Waals surface area contributed by atoms with Gasteiger partial charge >= 0.3 is 5.97 Å². The number of carbonyl (C=O) groups excluding carboxylic acids is 2. The van der Waals surface area contributed by atoms with Crippen LogP contribution in [0.25, 0.3) is 0 Å². The number of hydrogen-bond donors (Lipinski definition) is 0. The zero-order chi connectivity index (χ0) is 21.9. The molecule has 0 radical (unpaired) electrons. The molecule has 3 rings (SSSR count). The van der Waals surface area contributed by atoms with Gasteiger partial charge in [0.05, 0.1) is 12.7 Å². The summed E-state index contributed by atoms with van der Waals surface area (Å²) in [6.45, 7) is 2.29. The molecule has 7 nitrogen and oxygen atoms in total. The fourth-order valence-electron chi connectivity index (χ4n) is 3.23. The minimum absolute atomic E-state index is 0.0133. The molecule has 1 saturated heterocycles. The maximum Gasteiger partial charge on any atom is 0.338 e. The third-order valence-corrected chi connectivity index (χ3v) is 7.00. The van der Waals surface area contributed by atoms with Gasteiger partial charge in [-0.05, 0) is 50.1 Å². The highest BCUT2D eigenvalue weighted by Crippen LogP contribution is 2.30. The normalized spacial score (nSPS) is 15.6. The van der Waals surface area contributed by atoms with Gasteiger partial charge in [0.1, 0.15) is 10.6 Å². The molecule has 160 valence electrons. The summed E-state index contributed by atoms with van der Waals surface area (Å²) in [6, 6.07) is 10.4. The Labute approximate surface area is 180 Å². The predicted octanol–water partition coefficient (Wildman–Crippen LogP) is 3.56. The van der Waals surface area contributed by atoms with Crippen molar-refractivity contribution in [2.75, 3.05) is 20.2 Å². The van der Waals surface area contributed by atoms with Crippen molar-refractivity contribution in [2.24, 2.45) is 0 Å². The first kappa shape index (κ1) is 22.3. The van der Waals surface area contributed by atoms with Crippen LogP contribution >= 0.6 is 11.6 Å². The van der Waals surface area contributed by atoms with E-state index < -0.39 is 27.9 Å². The first-order valence-corrected chi connectivity index (χ1v) is 11.2. The Hall–Kier alpha value is -2.42. The number of Topliss-reactive ketones (excluding diaryl/α,β-unsaturated/α-hetero) is 1. The van der Waals surface area contributed by atoms with E-state index in [9.17, 15) is 18.0 Å². The number of rotatable bonds is 7. The van der Waals surface area contributed by atoms with Crippen molar-refractivity contribution < 1.29 is 27.5 Å². The Morgan fingerprint density at radius 3 is 2.40 bits per heavy atom. The van der Waals surface area contributed by atoms with Crippen molar-refractivity contribution in [3.63, 3.8) is 0 Å². The van der Waals surface area contributed by atoms with Crippen molar-refractivity contribution in [2.45, 2.75) is 30.8 Å². The average molecular weight is 452 g/mol. The molecule has 0 saturated carbocycles. The van der Waals surface area contributed by atoms with Crippen LogP contribution in [-0.2, 0) is 14.8 Å². The number of nitrogens with zero attached hydrogens (tertiary/aromatic N) is 1. The van der Waals surface area contributed by atoms with Gasteiger partial charge in [0.15, 0.2) is 6.10 Å².